The molecule has 46 heavy (non-hydrogen) atoms. The van der Waals surface area contributed by atoms with Crippen molar-refractivity contribution in [3.05, 3.63) is 96.3 Å². The third kappa shape index (κ3) is 11.3. The van der Waals surface area contributed by atoms with Crippen LogP contribution in [0.15, 0.2) is 79.5 Å². The summed E-state index contributed by atoms with van der Waals surface area (Å²) in [6.45, 7) is 9.95. The second-order valence-corrected chi connectivity index (χ2v) is 11.8. The van der Waals surface area contributed by atoms with Gasteiger partial charge in [-0.05, 0) is 73.5 Å². The molecule has 0 radical (unpaired) electrons. The van der Waals surface area contributed by atoms with Gasteiger partial charge in [-0.15, -0.1) is 0 Å². The Hall–Kier alpha value is -4.25. The summed E-state index contributed by atoms with van der Waals surface area (Å²) in [5.41, 5.74) is 6.05. The lowest BCUT2D eigenvalue weighted by Gasteiger charge is -2.15. The average molecular weight is 618 g/mol. The Kier molecular flexibility index (Phi) is 15.0. The number of ether oxygens (including phenoxy) is 2. The minimum absolute atomic E-state index is 0.688. The highest BCUT2D eigenvalue weighted by Gasteiger charge is 2.11. The van der Waals surface area contributed by atoms with Crippen LogP contribution in [0.25, 0.3) is 41.0 Å². The molecule has 0 bridgehead atoms. The first-order valence-corrected chi connectivity index (χ1v) is 17.3. The predicted molar refractivity (Wildman–Crippen MR) is 194 cm³/mol. The fraction of sp³-hybridized carbons (Fsp3) is 0.390. The van der Waals surface area contributed by atoms with Gasteiger partial charge in [0.25, 0.3) is 0 Å². The highest BCUT2D eigenvalue weighted by atomic mass is 16.5. The molecule has 0 aliphatic heterocycles. The maximum atomic E-state index is 6.37. The maximum Gasteiger partial charge on any atom is 0.127 e. The Bertz CT molecular complexity index is 1500. The van der Waals surface area contributed by atoms with Crippen molar-refractivity contribution in [1.82, 2.24) is 15.0 Å². The van der Waals surface area contributed by atoms with E-state index in [-0.39, 0.29) is 0 Å². The molecule has 3 heterocycles. The molecular formula is C41H51N3O2. The van der Waals surface area contributed by atoms with Crippen LogP contribution in [0.5, 0.6) is 11.5 Å². The van der Waals surface area contributed by atoms with Gasteiger partial charge in [0.15, 0.2) is 0 Å². The molecule has 0 amide bonds. The number of aromatic nitrogens is 3. The normalized spacial score (nSPS) is 11.2. The van der Waals surface area contributed by atoms with Crippen molar-refractivity contribution in [3.8, 4) is 34.3 Å². The summed E-state index contributed by atoms with van der Waals surface area (Å²) in [6.07, 6.45) is 22.5. The number of rotatable bonds is 21. The van der Waals surface area contributed by atoms with Crippen molar-refractivity contribution < 1.29 is 9.47 Å². The van der Waals surface area contributed by atoms with Crippen LogP contribution < -0.4 is 9.47 Å². The zero-order valence-electron chi connectivity index (χ0n) is 27.9. The Labute approximate surface area is 276 Å². The second-order valence-electron chi connectivity index (χ2n) is 11.8. The van der Waals surface area contributed by atoms with E-state index in [1.807, 2.05) is 66.7 Å². The van der Waals surface area contributed by atoms with Gasteiger partial charge in [0.05, 0.1) is 41.7 Å². The standard InChI is InChI=1S/C41H51N3O2/c1-4-7-9-11-13-17-29-45-40-32-34(41(31-33(40)6-3)46-30-18-14-12-10-8-5-2)26-27-35-21-19-23-38(43-35)39-25-20-24-37(44-39)36-22-15-16-28-42-36/h6,15-16,19-28,31-32H,3-5,7-14,17-18,29-30H2,1-2H3/b27-26+. The lowest BCUT2D eigenvalue weighted by molar-refractivity contribution is 0.295. The number of benzene rings is 1. The average Bonchev–Trinajstić information content (AvgIpc) is 3.11. The number of hydrogen-bond donors (Lipinski definition) is 0. The Morgan fingerprint density at radius 3 is 1.74 bits per heavy atom. The maximum absolute atomic E-state index is 6.37. The highest BCUT2D eigenvalue weighted by Crippen LogP contribution is 2.32. The summed E-state index contributed by atoms with van der Waals surface area (Å²) in [7, 11) is 0. The van der Waals surface area contributed by atoms with Crippen molar-refractivity contribution >= 4 is 18.2 Å². The van der Waals surface area contributed by atoms with Crippen LogP contribution in [0.1, 0.15) is 108 Å². The van der Waals surface area contributed by atoms with Gasteiger partial charge in [-0.1, -0.05) is 109 Å². The summed E-state index contributed by atoms with van der Waals surface area (Å²) in [4.78, 5) is 14.2. The van der Waals surface area contributed by atoms with Crippen LogP contribution in [-0.2, 0) is 0 Å². The molecule has 0 saturated heterocycles. The third-order valence-corrected chi connectivity index (χ3v) is 8.02. The summed E-state index contributed by atoms with van der Waals surface area (Å²) >= 11 is 0. The molecular weight excluding hydrogens is 566 g/mol. The van der Waals surface area contributed by atoms with Crippen LogP contribution >= 0.6 is 0 Å². The molecule has 4 rings (SSSR count). The van der Waals surface area contributed by atoms with Crippen molar-refractivity contribution in [3.63, 3.8) is 0 Å². The molecule has 0 fully saturated rings. The van der Waals surface area contributed by atoms with E-state index in [9.17, 15) is 0 Å². The van der Waals surface area contributed by atoms with Gasteiger partial charge in [0, 0.05) is 17.3 Å². The SMILES string of the molecule is C=Cc1cc(OCCCCCCCC)c(/C=C/c2cccc(-c3cccc(-c4ccccn4)n3)n2)cc1OCCCCCCCC. The summed E-state index contributed by atoms with van der Waals surface area (Å²) in [6, 6.07) is 22.0. The molecule has 3 aromatic heterocycles. The number of pyridine rings is 3. The Balaban J connectivity index is 1.51. The summed E-state index contributed by atoms with van der Waals surface area (Å²) in [5, 5.41) is 0. The first kappa shape index (κ1) is 34.6. The van der Waals surface area contributed by atoms with Gasteiger partial charge in [0.1, 0.15) is 11.5 Å². The van der Waals surface area contributed by atoms with Crippen LogP contribution in [-0.4, -0.2) is 28.2 Å². The number of nitrogens with zero attached hydrogens (tertiary/aromatic N) is 3. The highest BCUT2D eigenvalue weighted by molar-refractivity contribution is 5.75. The molecule has 242 valence electrons. The molecule has 0 aliphatic rings. The smallest absolute Gasteiger partial charge is 0.127 e. The van der Waals surface area contributed by atoms with Crippen molar-refractivity contribution in [2.75, 3.05) is 13.2 Å². The lowest BCUT2D eigenvalue weighted by Crippen LogP contribution is -2.03. The van der Waals surface area contributed by atoms with E-state index < -0.39 is 0 Å². The van der Waals surface area contributed by atoms with Gasteiger partial charge in [-0.25, -0.2) is 9.97 Å². The minimum atomic E-state index is 0.688. The van der Waals surface area contributed by atoms with E-state index in [0.717, 1.165) is 63.9 Å². The van der Waals surface area contributed by atoms with E-state index in [1.54, 1.807) is 6.20 Å². The van der Waals surface area contributed by atoms with Gasteiger partial charge in [-0.2, -0.15) is 0 Å². The second kappa shape index (κ2) is 20.0. The Morgan fingerprint density at radius 1 is 0.565 bits per heavy atom. The molecule has 1 aromatic carbocycles. The fourth-order valence-corrected chi connectivity index (χ4v) is 5.36. The zero-order valence-corrected chi connectivity index (χ0v) is 27.9. The number of hydrogen-bond acceptors (Lipinski definition) is 5. The molecule has 4 aromatic rings. The molecule has 5 nitrogen and oxygen atoms in total. The summed E-state index contributed by atoms with van der Waals surface area (Å²) < 4.78 is 12.7. The van der Waals surface area contributed by atoms with Crippen molar-refractivity contribution in [2.45, 2.75) is 90.9 Å². The molecule has 0 spiro atoms. The third-order valence-electron chi connectivity index (χ3n) is 8.02. The minimum Gasteiger partial charge on any atom is -0.493 e. The molecule has 5 heteroatoms. The van der Waals surface area contributed by atoms with E-state index in [0.29, 0.717) is 13.2 Å². The first-order chi connectivity index (χ1) is 22.7. The fourth-order valence-electron chi connectivity index (χ4n) is 5.36. The van der Waals surface area contributed by atoms with E-state index in [2.05, 4.69) is 43.6 Å². The van der Waals surface area contributed by atoms with E-state index >= 15 is 0 Å². The zero-order chi connectivity index (χ0) is 32.2. The van der Waals surface area contributed by atoms with Crippen molar-refractivity contribution in [1.29, 1.82) is 0 Å². The number of unbranched alkanes of at least 4 members (excludes halogenated alkanes) is 10. The van der Waals surface area contributed by atoms with Crippen LogP contribution in [0.2, 0.25) is 0 Å². The van der Waals surface area contributed by atoms with Crippen LogP contribution in [0.3, 0.4) is 0 Å². The topological polar surface area (TPSA) is 57.1 Å². The molecule has 0 atom stereocenters. The monoisotopic (exact) mass is 617 g/mol. The largest absolute Gasteiger partial charge is 0.493 e. The van der Waals surface area contributed by atoms with Gasteiger partial charge >= 0.3 is 0 Å². The first-order valence-electron chi connectivity index (χ1n) is 17.3. The van der Waals surface area contributed by atoms with Crippen molar-refractivity contribution in [2.24, 2.45) is 0 Å². The molecule has 0 N–H and O–H groups in total. The predicted octanol–water partition coefficient (Wildman–Crippen LogP) is 11.5. The molecule has 0 saturated carbocycles. The van der Waals surface area contributed by atoms with Gasteiger partial charge in [0.2, 0.25) is 0 Å². The Morgan fingerprint density at radius 2 is 1.11 bits per heavy atom. The molecule has 0 unspecified atom stereocenters. The quantitative estimate of drug-likeness (QED) is 0.0871. The van der Waals surface area contributed by atoms with Gasteiger partial charge < -0.3 is 9.47 Å². The van der Waals surface area contributed by atoms with Crippen LogP contribution in [0.4, 0.5) is 0 Å². The lowest BCUT2D eigenvalue weighted by atomic mass is 10.1. The van der Waals surface area contributed by atoms with Crippen LogP contribution in [0, 0.1) is 0 Å². The van der Waals surface area contributed by atoms with E-state index in [1.165, 1.54) is 64.2 Å². The summed E-state index contributed by atoms with van der Waals surface area (Å²) in [5.74, 6) is 1.68. The molecule has 0 aliphatic carbocycles. The van der Waals surface area contributed by atoms with E-state index in [4.69, 9.17) is 19.4 Å². The van der Waals surface area contributed by atoms with Gasteiger partial charge in [-0.3, -0.25) is 4.98 Å².